The predicted octanol–water partition coefficient (Wildman–Crippen LogP) is 5.73. The maximum absolute atomic E-state index is 13.2. The van der Waals surface area contributed by atoms with Gasteiger partial charge in [0.25, 0.3) is 0 Å². The van der Waals surface area contributed by atoms with Gasteiger partial charge in [0, 0.05) is 4.47 Å². The number of methoxy groups -OCH3 is 1. The maximum Gasteiger partial charge on any atom is 0.141 e. The van der Waals surface area contributed by atoms with Crippen LogP contribution in [0.25, 0.3) is 0 Å². The van der Waals surface area contributed by atoms with Crippen molar-refractivity contribution in [3.8, 4) is 5.75 Å². The van der Waals surface area contributed by atoms with E-state index in [2.05, 4.69) is 31.9 Å². The van der Waals surface area contributed by atoms with Crippen LogP contribution in [-0.2, 0) is 0 Å². The Morgan fingerprint density at radius 1 is 1.21 bits per heavy atom. The third kappa shape index (κ3) is 3.30. The van der Waals surface area contributed by atoms with Gasteiger partial charge in [-0.2, -0.15) is 0 Å². The van der Waals surface area contributed by atoms with Crippen LogP contribution in [0.5, 0.6) is 5.75 Å². The van der Waals surface area contributed by atoms with E-state index in [9.17, 15) is 4.39 Å². The summed E-state index contributed by atoms with van der Waals surface area (Å²) in [4.78, 5) is -0.0779. The van der Waals surface area contributed by atoms with Gasteiger partial charge >= 0.3 is 0 Å². The van der Waals surface area contributed by atoms with Crippen molar-refractivity contribution in [1.29, 1.82) is 0 Å². The van der Waals surface area contributed by atoms with Crippen molar-refractivity contribution in [3.05, 3.63) is 62.8 Å². The minimum atomic E-state index is -0.418. The molecule has 0 heterocycles. The van der Waals surface area contributed by atoms with E-state index in [1.807, 2.05) is 18.2 Å². The monoisotopic (exact) mass is 406 g/mol. The summed E-state index contributed by atoms with van der Waals surface area (Å²) in [5, 5.41) is 0.117. The van der Waals surface area contributed by atoms with Gasteiger partial charge in [-0.05, 0) is 35.4 Å². The van der Waals surface area contributed by atoms with Crippen molar-refractivity contribution in [2.75, 3.05) is 7.11 Å². The zero-order valence-corrected chi connectivity index (χ0v) is 13.9. The van der Waals surface area contributed by atoms with E-state index >= 15 is 0 Å². The molecule has 1 unspecified atom stereocenters. The summed E-state index contributed by atoms with van der Waals surface area (Å²) in [5.41, 5.74) is 1.90. The van der Waals surface area contributed by atoms with Crippen molar-refractivity contribution in [2.45, 2.75) is 4.83 Å². The Balaban J connectivity index is 2.38. The summed E-state index contributed by atoms with van der Waals surface area (Å²) >= 11 is 12.9. The highest BCUT2D eigenvalue weighted by atomic mass is 79.9. The molecule has 0 fully saturated rings. The molecule has 0 saturated heterocycles. The molecule has 2 rings (SSSR count). The average molecular weight is 408 g/mol. The lowest BCUT2D eigenvalue weighted by atomic mass is 10.0. The Bertz CT molecular complexity index is 604. The van der Waals surface area contributed by atoms with Gasteiger partial charge in [0.2, 0.25) is 0 Å². The number of halogens is 4. The fourth-order valence-corrected chi connectivity index (χ4v) is 3.46. The summed E-state index contributed by atoms with van der Waals surface area (Å²) in [6, 6.07) is 10.4. The maximum atomic E-state index is 13.2. The second kappa shape index (κ2) is 6.25. The van der Waals surface area contributed by atoms with Crippen molar-refractivity contribution in [2.24, 2.45) is 0 Å². The summed E-state index contributed by atoms with van der Waals surface area (Å²) in [5.74, 6) is 0.353. The number of hydrogen-bond acceptors (Lipinski definition) is 1. The highest BCUT2D eigenvalue weighted by molar-refractivity contribution is 9.11. The van der Waals surface area contributed by atoms with Gasteiger partial charge in [0.05, 0.1) is 17.0 Å². The van der Waals surface area contributed by atoms with Crippen LogP contribution < -0.4 is 4.74 Å². The van der Waals surface area contributed by atoms with E-state index in [-0.39, 0.29) is 9.85 Å². The first-order chi connectivity index (χ1) is 9.02. The average Bonchev–Trinajstić information content (AvgIpc) is 2.41. The Morgan fingerprint density at radius 2 is 1.95 bits per heavy atom. The van der Waals surface area contributed by atoms with Gasteiger partial charge in [-0.25, -0.2) is 4.39 Å². The summed E-state index contributed by atoms with van der Waals surface area (Å²) in [6.45, 7) is 0. The van der Waals surface area contributed by atoms with Gasteiger partial charge in [-0.15, -0.1) is 0 Å². The van der Waals surface area contributed by atoms with Crippen molar-refractivity contribution in [3.63, 3.8) is 0 Å². The largest absolute Gasteiger partial charge is 0.497 e. The molecule has 1 atom stereocenters. The first kappa shape index (κ1) is 14.8. The van der Waals surface area contributed by atoms with Crippen LogP contribution in [0.4, 0.5) is 4.39 Å². The van der Waals surface area contributed by atoms with Crippen LogP contribution in [0.3, 0.4) is 0 Å². The second-order valence-corrected chi connectivity index (χ2v) is 6.10. The molecule has 5 heteroatoms. The lowest BCUT2D eigenvalue weighted by Crippen LogP contribution is -1.95. The molecule has 2 aromatic carbocycles. The zero-order chi connectivity index (χ0) is 14.0. The van der Waals surface area contributed by atoms with E-state index in [0.717, 1.165) is 21.3 Å². The van der Waals surface area contributed by atoms with Gasteiger partial charge in [0.1, 0.15) is 11.6 Å². The predicted molar refractivity (Wildman–Crippen MR) is 82.9 cm³/mol. The van der Waals surface area contributed by atoms with Crippen LogP contribution in [-0.4, -0.2) is 7.11 Å². The normalized spacial score (nSPS) is 12.3. The summed E-state index contributed by atoms with van der Waals surface area (Å²) in [7, 11) is 1.62. The molecule has 0 aliphatic carbocycles. The first-order valence-corrected chi connectivity index (χ1v) is 7.54. The Kier molecular flexibility index (Phi) is 4.87. The van der Waals surface area contributed by atoms with Crippen LogP contribution in [0.15, 0.2) is 40.9 Å². The van der Waals surface area contributed by atoms with E-state index in [1.165, 1.54) is 6.07 Å². The zero-order valence-electron chi connectivity index (χ0n) is 9.96. The SMILES string of the molecule is COc1ccc(C(Br)c2ccc(F)c(Cl)c2)c(Br)c1. The minimum Gasteiger partial charge on any atom is -0.497 e. The molecule has 0 radical (unpaired) electrons. The van der Waals surface area contributed by atoms with Crippen molar-refractivity contribution >= 4 is 43.5 Å². The van der Waals surface area contributed by atoms with Gasteiger partial charge in [-0.3, -0.25) is 0 Å². The fraction of sp³-hybridized carbons (Fsp3) is 0.143. The number of ether oxygens (including phenoxy) is 1. The fourth-order valence-electron chi connectivity index (χ4n) is 1.69. The van der Waals surface area contributed by atoms with Crippen LogP contribution in [0.1, 0.15) is 16.0 Å². The van der Waals surface area contributed by atoms with E-state index < -0.39 is 5.82 Å². The molecule has 0 amide bonds. The number of alkyl halides is 1. The van der Waals surface area contributed by atoms with Crippen LogP contribution in [0.2, 0.25) is 5.02 Å². The molecule has 0 spiro atoms. The molecule has 100 valence electrons. The van der Waals surface area contributed by atoms with E-state index in [4.69, 9.17) is 16.3 Å². The molecule has 0 aromatic heterocycles. The molecule has 0 saturated carbocycles. The molecule has 1 nitrogen and oxygen atoms in total. The van der Waals surface area contributed by atoms with Crippen LogP contribution in [0, 0.1) is 5.82 Å². The third-order valence-electron chi connectivity index (χ3n) is 2.72. The minimum absolute atomic E-state index is 0.0779. The van der Waals surface area contributed by atoms with E-state index in [1.54, 1.807) is 19.2 Å². The lowest BCUT2D eigenvalue weighted by Gasteiger charge is -2.14. The molecule has 0 aliphatic rings. The smallest absolute Gasteiger partial charge is 0.141 e. The van der Waals surface area contributed by atoms with Gasteiger partial charge in [-0.1, -0.05) is 55.6 Å². The Morgan fingerprint density at radius 3 is 2.53 bits per heavy atom. The Hall–Kier alpha value is -0.580. The van der Waals surface area contributed by atoms with Crippen molar-refractivity contribution < 1.29 is 9.13 Å². The van der Waals surface area contributed by atoms with E-state index in [0.29, 0.717) is 0 Å². The number of rotatable bonds is 3. The van der Waals surface area contributed by atoms with Crippen LogP contribution >= 0.6 is 43.5 Å². The topological polar surface area (TPSA) is 9.23 Å². The third-order valence-corrected chi connectivity index (χ3v) is 4.72. The van der Waals surface area contributed by atoms with Crippen molar-refractivity contribution in [1.82, 2.24) is 0 Å². The quantitative estimate of drug-likeness (QED) is 0.589. The lowest BCUT2D eigenvalue weighted by molar-refractivity contribution is 0.414. The summed E-state index contributed by atoms with van der Waals surface area (Å²) < 4.78 is 19.2. The molecule has 0 N–H and O–H groups in total. The number of benzene rings is 2. The molecule has 0 bridgehead atoms. The number of hydrogen-bond donors (Lipinski definition) is 0. The van der Waals surface area contributed by atoms with Gasteiger partial charge < -0.3 is 4.74 Å². The molecule has 2 aromatic rings. The first-order valence-electron chi connectivity index (χ1n) is 5.45. The standard InChI is InChI=1S/C14H10Br2ClFO/c1-19-9-3-4-10(11(15)7-9)14(16)8-2-5-13(18)12(17)6-8/h2-7,14H,1H3. The molecule has 19 heavy (non-hydrogen) atoms. The highest BCUT2D eigenvalue weighted by Gasteiger charge is 2.15. The summed E-state index contributed by atoms with van der Waals surface area (Å²) in [6.07, 6.45) is 0. The van der Waals surface area contributed by atoms with Gasteiger partial charge in [0.15, 0.2) is 0 Å². The Labute approximate surface area is 133 Å². The second-order valence-electron chi connectivity index (χ2n) is 3.92. The molecule has 0 aliphatic heterocycles. The molecular formula is C14H10Br2ClFO. The highest BCUT2D eigenvalue weighted by Crippen LogP contribution is 2.37. The molecular weight excluding hydrogens is 398 g/mol.